The van der Waals surface area contributed by atoms with Crippen LogP contribution in [0.25, 0.3) is 0 Å². The topological polar surface area (TPSA) is 29.5 Å². The number of thioether (sulfide) groups is 1. The fourth-order valence-corrected chi connectivity index (χ4v) is 0.535. The van der Waals surface area contributed by atoms with Crippen LogP contribution in [-0.2, 0) is 4.84 Å². The molecule has 1 amide bonds. The zero-order valence-electron chi connectivity index (χ0n) is 5.17. The second-order valence-electron chi connectivity index (χ2n) is 1.15. The number of hydrogen-bond donors (Lipinski definition) is 0. The van der Waals surface area contributed by atoms with Crippen molar-refractivity contribution in [1.29, 1.82) is 0 Å². The lowest BCUT2D eigenvalue weighted by Gasteiger charge is -2.09. The molecule has 0 bridgehead atoms. The summed E-state index contributed by atoms with van der Waals surface area (Å²) in [4.78, 5) is 15.1. The molecule has 0 spiro atoms. The first-order chi connectivity index (χ1) is 3.72. The van der Waals surface area contributed by atoms with Crippen molar-refractivity contribution in [2.75, 3.05) is 20.4 Å². The summed E-state index contributed by atoms with van der Waals surface area (Å²) in [6.07, 6.45) is 1.71. The molecule has 0 heterocycles. The Hall–Kier alpha value is -0.220. The van der Waals surface area contributed by atoms with Crippen LogP contribution in [0.4, 0.5) is 4.79 Å². The van der Waals surface area contributed by atoms with Crippen LogP contribution in [0.3, 0.4) is 0 Å². The molecule has 4 heteroatoms. The predicted octanol–water partition coefficient (Wildman–Crippen LogP) is 0.963. The van der Waals surface area contributed by atoms with Crippen LogP contribution >= 0.6 is 11.8 Å². The summed E-state index contributed by atoms with van der Waals surface area (Å²) in [6.45, 7) is 0. The van der Waals surface area contributed by atoms with Gasteiger partial charge in [-0.05, 0) is 6.26 Å². The molecule has 0 aliphatic rings. The van der Waals surface area contributed by atoms with E-state index in [-0.39, 0.29) is 5.24 Å². The number of hydroxylamine groups is 2. The Morgan fingerprint density at radius 1 is 1.75 bits per heavy atom. The highest BCUT2D eigenvalue weighted by Crippen LogP contribution is 2.00. The third kappa shape index (κ3) is 2.18. The van der Waals surface area contributed by atoms with Crippen molar-refractivity contribution in [2.24, 2.45) is 0 Å². The van der Waals surface area contributed by atoms with Gasteiger partial charge in [0.05, 0.1) is 7.11 Å². The minimum atomic E-state index is -0.0903. The maximum atomic E-state index is 10.5. The van der Waals surface area contributed by atoms with Crippen molar-refractivity contribution in [3.05, 3.63) is 0 Å². The molecular weight excluding hydrogens is 126 g/mol. The second kappa shape index (κ2) is 3.74. The summed E-state index contributed by atoms with van der Waals surface area (Å²) in [5.41, 5.74) is 0. The van der Waals surface area contributed by atoms with Crippen LogP contribution in [0, 0.1) is 0 Å². The molecule has 8 heavy (non-hydrogen) atoms. The minimum Gasteiger partial charge on any atom is -0.274 e. The molecule has 0 aromatic heterocycles. The highest BCUT2D eigenvalue weighted by atomic mass is 32.2. The van der Waals surface area contributed by atoms with Gasteiger partial charge in [0.15, 0.2) is 0 Å². The average Bonchev–Trinajstić information content (AvgIpc) is 1.84. The first kappa shape index (κ1) is 7.78. The van der Waals surface area contributed by atoms with Gasteiger partial charge >= 0.3 is 5.24 Å². The van der Waals surface area contributed by atoms with Crippen LogP contribution in [0.2, 0.25) is 0 Å². The first-order valence-electron chi connectivity index (χ1n) is 2.08. The van der Waals surface area contributed by atoms with Gasteiger partial charge in [0.1, 0.15) is 0 Å². The molecular formula is C4H9NO2S. The number of carbonyl (C=O) groups excluding carboxylic acids is 1. The van der Waals surface area contributed by atoms with E-state index in [2.05, 4.69) is 4.84 Å². The number of nitrogens with zero attached hydrogens (tertiary/aromatic N) is 1. The van der Waals surface area contributed by atoms with Crippen LogP contribution in [0.15, 0.2) is 0 Å². The lowest BCUT2D eigenvalue weighted by Crippen LogP contribution is -2.20. The largest absolute Gasteiger partial charge is 0.304 e. The van der Waals surface area contributed by atoms with E-state index in [1.165, 1.54) is 12.2 Å². The van der Waals surface area contributed by atoms with E-state index in [0.29, 0.717) is 0 Å². The fourth-order valence-electron chi connectivity index (χ4n) is 0.203. The number of amides is 1. The van der Waals surface area contributed by atoms with Crippen molar-refractivity contribution in [1.82, 2.24) is 5.06 Å². The minimum absolute atomic E-state index is 0.0903. The van der Waals surface area contributed by atoms with Gasteiger partial charge in [-0.15, -0.1) is 0 Å². The van der Waals surface area contributed by atoms with E-state index in [0.717, 1.165) is 11.8 Å². The molecule has 3 nitrogen and oxygen atoms in total. The van der Waals surface area contributed by atoms with Crippen molar-refractivity contribution in [3.8, 4) is 0 Å². The van der Waals surface area contributed by atoms with Gasteiger partial charge in [0.25, 0.3) is 0 Å². The van der Waals surface area contributed by atoms with Crippen LogP contribution < -0.4 is 0 Å². The SMILES string of the molecule is CON(C)C(=O)SC. The fraction of sp³-hybridized carbons (Fsp3) is 0.750. The molecule has 0 aliphatic heterocycles. The van der Waals surface area contributed by atoms with Gasteiger partial charge in [-0.3, -0.25) is 9.63 Å². The predicted molar refractivity (Wildman–Crippen MR) is 33.7 cm³/mol. The quantitative estimate of drug-likeness (QED) is 0.501. The van der Waals surface area contributed by atoms with Gasteiger partial charge in [-0.1, -0.05) is 11.8 Å². The third-order valence-electron chi connectivity index (χ3n) is 0.706. The highest BCUT2D eigenvalue weighted by Gasteiger charge is 2.02. The van der Waals surface area contributed by atoms with Gasteiger partial charge in [-0.25, -0.2) is 5.06 Å². The Kier molecular flexibility index (Phi) is 3.64. The Labute approximate surface area is 52.9 Å². The Morgan fingerprint density at radius 2 is 2.25 bits per heavy atom. The summed E-state index contributed by atoms with van der Waals surface area (Å²) >= 11 is 1.12. The molecule has 0 atom stereocenters. The van der Waals surface area contributed by atoms with Crippen LogP contribution in [0.1, 0.15) is 0 Å². The van der Waals surface area contributed by atoms with E-state index in [4.69, 9.17) is 0 Å². The number of hydrogen-bond acceptors (Lipinski definition) is 3. The summed E-state index contributed by atoms with van der Waals surface area (Å²) in [5.74, 6) is 0. The van der Waals surface area contributed by atoms with E-state index >= 15 is 0 Å². The van der Waals surface area contributed by atoms with Crippen LogP contribution in [-0.4, -0.2) is 30.7 Å². The summed E-state index contributed by atoms with van der Waals surface area (Å²) in [7, 11) is 3.02. The molecule has 0 aromatic rings. The Bertz CT molecular complexity index is 86.1. The Balaban J connectivity index is 3.46. The maximum absolute atomic E-state index is 10.5. The number of rotatable bonds is 1. The van der Waals surface area contributed by atoms with E-state index in [9.17, 15) is 4.79 Å². The molecule has 0 saturated heterocycles. The second-order valence-corrected chi connectivity index (χ2v) is 1.91. The van der Waals surface area contributed by atoms with Crippen molar-refractivity contribution in [2.45, 2.75) is 0 Å². The Morgan fingerprint density at radius 3 is 2.38 bits per heavy atom. The molecule has 0 unspecified atom stereocenters. The smallest absolute Gasteiger partial charge is 0.274 e. The van der Waals surface area contributed by atoms with E-state index in [1.807, 2.05) is 0 Å². The number of carbonyl (C=O) groups is 1. The highest BCUT2D eigenvalue weighted by molar-refractivity contribution is 8.12. The normalized spacial score (nSPS) is 8.88. The molecule has 48 valence electrons. The van der Waals surface area contributed by atoms with Crippen molar-refractivity contribution in [3.63, 3.8) is 0 Å². The standard InChI is InChI=1S/C4H9NO2S/c1-5(7-2)4(6)8-3/h1-3H3. The molecule has 0 rings (SSSR count). The lowest BCUT2D eigenvalue weighted by atomic mass is 11.2. The molecule has 0 N–H and O–H groups in total. The molecule has 0 saturated carbocycles. The van der Waals surface area contributed by atoms with Gasteiger partial charge in [-0.2, -0.15) is 0 Å². The first-order valence-corrected chi connectivity index (χ1v) is 3.30. The molecule has 0 radical (unpaired) electrons. The van der Waals surface area contributed by atoms with Gasteiger partial charge in [0, 0.05) is 7.05 Å². The average molecular weight is 135 g/mol. The van der Waals surface area contributed by atoms with Crippen molar-refractivity contribution >= 4 is 17.0 Å². The zero-order chi connectivity index (χ0) is 6.57. The van der Waals surface area contributed by atoms with Gasteiger partial charge < -0.3 is 0 Å². The van der Waals surface area contributed by atoms with E-state index in [1.54, 1.807) is 13.3 Å². The van der Waals surface area contributed by atoms with Crippen LogP contribution in [0.5, 0.6) is 0 Å². The maximum Gasteiger partial charge on any atom is 0.304 e. The molecule has 0 aromatic carbocycles. The molecule has 0 aliphatic carbocycles. The summed E-state index contributed by atoms with van der Waals surface area (Å²) in [6, 6.07) is 0. The van der Waals surface area contributed by atoms with Crippen molar-refractivity contribution < 1.29 is 9.63 Å². The lowest BCUT2D eigenvalue weighted by molar-refractivity contribution is -0.0547. The molecule has 0 fully saturated rings. The summed E-state index contributed by atoms with van der Waals surface area (Å²) in [5, 5.41) is 1.08. The third-order valence-corrected chi connectivity index (χ3v) is 1.31. The van der Waals surface area contributed by atoms with E-state index < -0.39 is 0 Å². The van der Waals surface area contributed by atoms with Gasteiger partial charge in [0.2, 0.25) is 0 Å². The zero-order valence-corrected chi connectivity index (χ0v) is 5.99. The summed E-state index contributed by atoms with van der Waals surface area (Å²) < 4.78 is 0. The monoisotopic (exact) mass is 135 g/mol.